The van der Waals surface area contributed by atoms with E-state index in [0.717, 1.165) is 0 Å². The van der Waals surface area contributed by atoms with Crippen molar-refractivity contribution in [1.82, 2.24) is 19.3 Å². The third-order valence-corrected chi connectivity index (χ3v) is 3.46. The van der Waals surface area contributed by atoms with Crippen molar-refractivity contribution < 1.29 is 0 Å². The minimum absolute atomic E-state index is 0.134. The molecular weight excluding hydrogens is 276 g/mol. The molecule has 0 amide bonds. The van der Waals surface area contributed by atoms with Crippen LogP contribution in [0.1, 0.15) is 12.7 Å². The Labute approximate surface area is 120 Å². The van der Waals surface area contributed by atoms with Crippen LogP contribution in [-0.4, -0.2) is 19.3 Å². The van der Waals surface area contributed by atoms with Gasteiger partial charge in [-0.2, -0.15) is 5.10 Å². The van der Waals surface area contributed by atoms with E-state index in [2.05, 4.69) is 10.1 Å². The van der Waals surface area contributed by atoms with Crippen molar-refractivity contribution in [3.63, 3.8) is 0 Å². The molecule has 0 fully saturated rings. The molecule has 0 saturated heterocycles. The van der Waals surface area contributed by atoms with Crippen LogP contribution in [0.2, 0.25) is 5.02 Å². The van der Waals surface area contributed by atoms with Gasteiger partial charge in [-0.3, -0.25) is 4.79 Å². The van der Waals surface area contributed by atoms with E-state index in [-0.39, 0.29) is 5.56 Å². The monoisotopic (exact) mass is 288 g/mol. The van der Waals surface area contributed by atoms with Gasteiger partial charge in [0.25, 0.3) is 5.56 Å². The third-order valence-electron chi connectivity index (χ3n) is 3.22. The summed E-state index contributed by atoms with van der Waals surface area (Å²) in [6.45, 7) is 4.46. The van der Waals surface area contributed by atoms with Gasteiger partial charge in [-0.05, 0) is 32.0 Å². The van der Waals surface area contributed by atoms with Gasteiger partial charge in [-0.15, -0.1) is 0 Å². The van der Waals surface area contributed by atoms with Crippen molar-refractivity contribution in [3.05, 3.63) is 51.7 Å². The summed E-state index contributed by atoms with van der Waals surface area (Å²) in [6.07, 6.45) is 1.67. The van der Waals surface area contributed by atoms with Crippen molar-refractivity contribution in [3.8, 4) is 5.82 Å². The summed E-state index contributed by atoms with van der Waals surface area (Å²) in [6, 6.07) is 6.94. The summed E-state index contributed by atoms with van der Waals surface area (Å²) in [7, 11) is 0. The second-order valence-electron chi connectivity index (χ2n) is 4.47. The zero-order valence-electron chi connectivity index (χ0n) is 11.2. The van der Waals surface area contributed by atoms with Crippen LogP contribution < -0.4 is 5.56 Å². The molecule has 0 radical (unpaired) electrons. The van der Waals surface area contributed by atoms with Gasteiger partial charge in [0.2, 0.25) is 0 Å². The van der Waals surface area contributed by atoms with Gasteiger partial charge >= 0.3 is 0 Å². The number of benzene rings is 1. The van der Waals surface area contributed by atoms with E-state index in [1.807, 2.05) is 13.8 Å². The molecule has 1 aromatic carbocycles. The number of fused-ring (bicyclic) bond motifs is 1. The van der Waals surface area contributed by atoms with E-state index in [1.165, 1.54) is 0 Å². The van der Waals surface area contributed by atoms with Crippen molar-refractivity contribution in [2.45, 2.75) is 20.4 Å². The smallest absolute Gasteiger partial charge is 0.267 e. The Morgan fingerprint density at radius 3 is 2.85 bits per heavy atom. The predicted octanol–water partition coefficient (Wildman–Crippen LogP) is 2.56. The lowest BCUT2D eigenvalue weighted by Crippen LogP contribution is -2.24. The fourth-order valence-electron chi connectivity index (χ4n) is 2.30. The molecule has 3 rings (SSSR count). The van der Waals surface area contributed by atoms with Crippen LogP contribution in [0.5, 0.6) is 0 Å². The standard InChI is InChI=1S/C14H13ClN4O/c1-3-18-13(6-7-16-18)19-9(2)17-12-5-4-10(15)8-11(12)14(19)20/h4-8H,3H2,1-2H3. The van der Waals surface area contributed by atoms with Crippen LogP contribution in [-0.2, 0) is 6.54 Å². The molecule has 0 atom stereocenters. The SMILES string of the molecule is CCn1nccc1-n1c(C)nc2ccc(Cl)cc2c1=O. The molecule has 0 aliphatic rings. The Hall–Kier alpha value is -2.14. The zero-order chi connectivity index (χ0) is 14.3. The third kappa shape index (κ3) is 1.91. The van der Waals surface area contributed by atoms with Crippen molar-refractivity contribution in [2.75, 3.05) is 0 Å². The van der Waals surface area contributed by atoms with Crippen LogP contribution >= 0.6 is 11.6 Å². The largest absolute Gasteiger partial charge is 0.268 e. The Bertz CT molecular complexity index is 850. The molecule has 0 unspecified atom stereocenters. The molecule has 0 bridgehead atoms. The molecule has 0 aliphatic carbocycles. The number of hydrogen-bond donors (Lipinski definition) is 0. The molecule has 0 N–H and O–H groups in total. The van der Waals surface area contributed by atoms with Crippen molar-refractivity contribution in [2.24, 2.45) is 0 Å². The maximum Gasteiger partial charge on any atom is 0.267 e. The molecule has 0 spiro atoms. The van der Waals surface area contributed by atoms with Crippen molar-refractivity contribution in [1.29, 1.82) is 0 Å². The van der Waals surface area contributed by atoms with E-state index < -0.39 is 0 Å². The number of aryl methyl sites for hydroxylation is 2. The summed E-state index contributed by atoms with van der Waals surface area (Å²) in [5.41, 5.74) is 0.515. The lowest BCUT2D eigenvalue weighted by Gasteiger charge is -2.11. The molecule has 3 aromatic rings. The molecular formula is C14H13ClN4O. The Morgan fingerprint density at radius 1 is 1.30 bits per heavy atom. The number of rotatable bonds is 2. The first-order valence-electron chi connectivity index (χ1n) is 6.33. The summed E-state index contributed by atoms with van der Waals surface area (Å²) in [5, 5.41) is 5.22. The van der Waals surface area contributed by atoms with Gasteiger partial charge in [0.1, 0.15) is 11.6 Å². The number of aromatic nitrogens is 4. The fourth-order valence-corrected chi connectivity index (χ4v) is 2.47. The fraction of sp³-hybridized carbons (Fsp3) is 0.214. The number of hydrogen-bond acceptors (Lipinski definition) is 3. The molecule has 6 heteroatoms. The van der Waals surface area contributed by atoms with Crippen LogP contribution in [0, 0.1) is 6.92 Å². The maximum atomic E-state index is 12.7. The topological polar surface area (TPSA) is 52.7 Å². The van der Waals surface area contributed by atoms with Gasteiger partial charge in [-0.1, -0.05) is 11.6 Å². The highest BCUT2D eigenvalue weighted by atomic mass is 35.5. The molecule has 2 heterocycles. The maximum absolute atomic E-state index is 12.7. The Balaban J connectivity index is 2.39. The van der Waals surface area contributed by atoms with E-state index in [0.29, 0.717) is 34.1 Å². The Morgan fingerprint density at radius 2 is 2.10 bits per heavy atom. The van der Waals surface area contributed by atoms with E-state index in [9.17, 15) is 4.79 Å². The molecule has 2 aromatic heterocycles. The average Bonchev–Trinajstić information content (AvgIpc) is 2.88. The summed E-state index contributed by atoms with van der Waals surface area (Å²) in [4.78, 5) is 17.2. The number of nitrogens with zero attached hydrogens (tertiary/aromatic N) is 4. The summed E-state index contributed by atoms with van der Waals surface area (Å²) >= 11 is 5.97. The van der Waals surface area contributed by atoms with Crippen LogP contribution in [0.25, 0.3) is 16.7 Å². The lowest BCUT2D eigenvalue weighted by atomic mass is 10.2. The van der Waals surface area contributed by atoms with Crippen LogP contribution in [0.3, 0.4) is 0 Å². The molecule has 0 aliphatic heterocycles. The molecule has 0 saturated carbocycles. The minimum atomic E-state index is -0.134. The number of halogens is 1. The highest BCUT2D eigenvalue weighted by Crippen LogP contribution is 2.16. The second-order valence-corrected chi connectivity index (χ2v) is 4.90. The van der Waals surface area contributed by atoms with Crippen molar-refractivity contribution >= 4 is 22.5 Å². The first-order valence-corrected chi connectivity index (χ1v) is 6.70. The first-order chi connectivity index (χ1) is 9.61. The van der Waals surface area contributed by atoms with Crippen LogP contribution in [0.15, 0.2) is 35.3 Å². The minimum Gasteiger partial charge on any atom is -0.268 e. The summed E-state index contributed by atoms with van der Waals surface area (Å²) in [5.74, 6) is 1.34. The van der Waals surface area contributed by atoms with Gasteiger partial charge in [0.05, 0.1) is 17.1 Å². The highest BCUT2D eigenvalue weighted by molar-refractivity contribution is 6.31. The molecule has 5 nitrogen and oxygen atoms in total. The van der Waals surface area contributed by atoms with Crippen LogP contribution in [0.4, 0.5) is 0 Å². The van der Waals surface area contributed by atoms with E-state index in [1.54, 1.807) is 39.7 Å². The highest BCUT2D eigenvalue weighted by Gasteiger charge is 2.13. The predicted molar refractivity (Wildman–Crippen MR) is 78.5 cm³/mol. The zero-order valence-corrected chi connectivity index (χ0v) is 11.9. The van der Waals surface area contributed by atoms with Gasteiger partial charge < -0.3 is 0 Å². The van der Waals surface area contributed by atoms with Gasteiger partial charge in [-0.25, -0.2) is 14.2 Å². The first kappa shape index (κ1) is 12.9. The lowest BCUT2D eigenvalue weighted by molar-refractivity contribution is 0.628. The second kappa shape index (κ2) is 4.76. The van der Waals surface area contributed by atoms with E-state index in [4.69, 9.17) is 11.6 Å². The van der Waals surface area contributed by atoms with Gasteiger partial charge in [0, 0.05) is 17.6 Å². The van der Waals surface area contributed by atoms with E-state index >= 15 is 0 Å². The molecule has 102 valence electrons. The quantitative estimate of drug-likeness (QED) is 0.728. The molecule has 20 heavy (non-hydrogen) atoms. The average molecular weight is 289 g/mol. The van der Waals surface area contributed by atoms with Gasteiger partial charge in [0.15, 0.2) is 0 Å². The Kier molecular flexibility index (Phi) is 3.06. The summed E-state index contributed by atoms with van der Waals surface area (Å²) < 4.78 is 3.32. The normalized spacial score (nSPS) is 11.2.